The zero-order valence-corrected chi connectivity index (χ0v) is 16.1. The number of nitrogens with one attached hydrogen (secondary N) is 1. The van der Waals surface area contributed by atoms with Crippen molar-refractivity contribution < 1.29 is 14.3 Å². The van der Waals surface area contributed by atoms with Crippen molar-refractivity contribution in [2.45, 2.75) is 52.4 Å². The van der Waals surface area contributed by atoms with Crippen LogP contribution in [-0.4, -0.2) is 11.7 Å². The number of rotatable bonds is 5. The molecule has 2 aromatic rings. The monoisotopic (exact) mass is 356 g/mol. The van der Waals surface area contributed by atoms with Gasteiger partial charge in [-0.05, 0) is 58.4 Å². The Morgan fingerprint density at radius 1 is 1.04 bits per heavy atom. The first kappa shape index (κ1) is 19.6. The van der Waals surface area contributed by atoms with Gasteiger partial charge < -0.3 is 20.5 Å². The van der Waals surface area contributed by atoms with E-state index >= 15 is 0 Å². The number of hydrogen-bond acceptors (Lipinski definition) is 4. The number of ether oxygens (including phenoxy) is 2. The summed E-state index contributed by atoms with van der Waals surface area (Å²) in [4.78, 5) is 12.2. The van der Waals surface area contributed by atoms with E-state index in [1.165, 1.54) is 0 Å². The van der Waals surface area contributed by atoms with E-state index in [4.69, 9.17) is 15.2 Å². The van der Waals surface area contributed by atoms with Crippen LogP contribution in [0.15, 0.2) is 48.5 Å². The molecule has 0 radical (unpaired) electrons. The van der Waals surface area contributed by atoms with Crippen LogP contribution in [0.25, 0.3) is 0 Å². The number of anilines is 1. The number of amides is 1. The highest BCUT2D eigenvalue weighted by Crippen LogP contribution is 2.32. The fourth-order valence-electron chi connectivity index (χ4n) is 2.52. The quantitative estimate of drug-likeness (QED) is 0.768. The molecule has 0 heterocycles. The summed E-state index contributed by atoms with van der Waals surface area (Å²) in [5.41, 5.74) is 7.14. The number of alkyl carbamates (subject to hydrolysis) is 1. The lowest BCUT2D eigenvalue weighted by Gasteiger charge is -2.30. The van der Waals surface area contributed by atoms with Crippen LogP contribution in [0.1, 0.15) is 45.7 Å². The summed E-state index contributed by atoms with van der Waals surface area (Å²) in [6, 6.07) is 15.3. The maximum Gasteiger partial charge on any atom is 0.408 e. The number of carbonyl (C=O) groups is 1. The molecule has 1 amide bonds. The molecule has 5 nitrogen and oxygen atoms in total. The zero-order chi connectivity index (χ0) is 19.4. The highest BCUT2D eigenvalue weighted by atomic mass is 16.6. The second kappa shape index (κ2) is 7.68. The predicted molar refractivity (Wildman–Crippen MR) is 104 cm³/mol. The molecule has 0 aliphatic rings. The molecule has 0 saturated heterocycles. The topological polar surface area (TPSA) is 73.6 Å². The molecule has 2 aromatic carbocycles. The van der Waals surface area contributed by atoms with E-state index < -0.39 is 17.2 Å². The Balaban J connectivity index is 2.20. The summed E-state index contributed by atoms with van der Waals surface area (Å²) in [5, 5.41) is 2.90. The average molecular weight is 356 g/mol. The van der Waals surface area contributed by atoms with Gasteiger partial charge in [0.2, 0.25) is 0 Å². The molecular formula is C21H28N2O3. The van der Waals surface area contributed by atoms with Crippen molar-refractivity contribution in [3.05, 3.63) is 59.7 Å². The summed E-state index contributed by atoms with van der Waals surface area (Å²) in [6.45, 7) is 9.69. The number of nitrogens with two attached hydrogens (primary N) is 1. The fraction of sp³-hybridized carbons (Fsp3) is 0.381. The smallest absolute Gasteiger partial charge is 0.408 e. The summed E-state index contributed by atoms with van der Waals surface area (Å²) in [7, 11) is 0. The lowest BCUT2D eigenvalue weighted by atomic mass is 9.93. The van der Waals surface area contributed by atoms with Crippen LogP contribution in [0.3, 0.4) is 0 Å². The summed E-state index contributed by atoms with van der Waals surface area (Å²) in [5.74, 6) is 0.670. The third-order valence-corrected chi connectivity index (χ3v) is 3.73. The molecule has 0 unspecified atom stereocenters. The van der Waals surface area contributed by atoms with Crippen LogP contribution >= 0.6 is 0 Å². The van der Waals surface area contributed by atoms with Gasteiger partial charge in [-0.1, -0.05) is 30.3 Å². The van der Waals surface area contributed by atoms with E-state index in [0.717, 1.165) is 11.1 Å². The van der Waals surface area contributed by atoms with Crippen molar-refractivity contribution in [2.75, 3.05) is 5.73 Å². The number of benzene rings is 2. The molecule has 0 fully saturated rings. The lowest BCUT2D eigenvalue weighted by molar-refractivity contribution is 0.0469. The number of hydrogen-bond donors (Lipinski definition) is 2. The molecule has 3 N–H and O–H groups in total. The van der Waals surface area contributed by atoms with Gasteiger partial charge in [0.15, 0.2) is 0 Å². The van der Waals surface area contributed by atoms with Crippen molar-refractivity contribution >= 4 is 11.8 Å². The Morgan fingerprint density at radius 2 is 1.69 bits per heavy atom. The Bertz CT molecular complexity index is 750. The van der Waals surface area contributed by atoms with Crippen LogP contribution in [0, 0.1) is 0 Å². The zero-order valence-electron chi connectivity index (χ0n) is 16.1. The third kappa shape index (κ3) is 5.69. The molecule has 2 rings (SSSR count). The Labute approximate surface area is 155 Å². The standard InChI is InChI=1S/C21H28N2O3/c1-20(2,3)26-19(24)23-21(4,5)17-13-16(22)11-12-18(17)25-14-15-9-7-6-8-10-15/h6-13H,14,22H2,1-5H3,(H,23,24). The van der Waals surface area contributed by atoms with Crippen molar-refractivity contribution in [1.29, 1.82) is 0 Å². The normalized spacial score (nSPS) is 11.7. The minimum absolute atomic E-state index is 0.431. The van der Waals surface area contributed by atoms with Crippen LogP contribution in [-0.2, 0) is 16.9 Å². The fourth-order valence-corrected chi connectivity index (χ4v) is 2.52. The summed E-state index contributed by atoms with van der Waals surface area (Å²) in [6.07, 6.45) is -0.487. The molecule has 140 valence electrons. The van der Waals surface area contributed by atoms with Gasteiger partial charge in [-0.2, -0.15) is 0 Å². The van der Waals surface area contributed by atoms with E-state index in [1.807, 2.05) is 77.1 Å². The van der Waals surface area contributed by atoms with E-state index in [2.05, 4.69) is 5.32 Å². The van der Waals surface area contributed by atoms with E-state index in [1.54, 1.807) is 6.07 Å². The third-order valence-electron chi connectivity index (χ3n) is 3.73. The molecular weight excluding hydrogens is 328 g/mol. The highest BCUT2D eigenvalue weighted by molar-refractivity contribution is 5.69. The first-order chi connectivity index (χ1) is 12.1. The number of carbonyl (C=O) groups excluding carboxylic acids is 1. The van der Waals surface area contributed by atoms with Gasteiger partial charge in [0.05, 0.1) is 5.54 Å². The van der Waals surface area contributed by atoms with Crippen LogP contribution < -0.4 is 15.8 Å². The van der Waals surface area contributed by atoms with Crippen molar-refractivity contribution in [3.63, 3.8) is 0 Å². The van der Waals surface area contributed by atoms with Crippen molar-refractivity contribution in [1.82, 2.24) is 5.32 Å². The lowest BCUT2D eigenvalue weighted by Crippen LogP contribution is -2.44. The van der Waals surface area contributed by atoms with Crippen LogP contribution in [0.2, 0.25) is 0 Å². The predicted octanol–water partition coefficient (Wildman–Crippen LogP) is 4.61. The largest absolute Gasteiger partial charge is 0.489 e. The average Bonchev–Trinajstić information content (AvgIpc) is 2.52. The van der Waals surface area contributed by atoms with Crippen molar-refractivity contribution in [2.24, 2.45) is 0 Å². The molecule has 0 aromatic heterocycles. The second-order valence-electron chi connectivity index (χ2n) is 7.78. The highest BCUT2D eigenvalue weighted by Gasteiger charge is 2.29. The van der Waals surface area contributed by atoms with Gasteiger partial charge in [-0.25, -0.2) is 4.79 Å². The Morgan fingerprint density at radius 3 is 2.31 bits per heavy atom. The Hall–Kier alpha value is -2.69. The van der Waals surface area contributed by atoms with Gasteiger partial charge in [-0.3, -0.25) is 0 Å². The van der Waals surface area contributed by atoms with Gasteiger partial charge in [-0.15, -0.1) is 0 Å². The molecule has 5 heteroatoms. The van der Waals surface area contributed by atoms with Gasteiger partial charge in [0, 0.05) is 11.3 Å². The molecule has 0 aliphatic carbocycles. The summed E-state index contributed by atoms with van der Waals surface area (Å²) < 4.78 is 11.4. The first-order valence-corrected chi connectivity index (χ1v) is 8.65. The van der Waals surface area contributed by atoms with Crippen LogP contribution in [0.4, 0.5) is 10.5 Å². The van der Waals surface area contributed by atoms with E-state index in [-0.39, 0.29) is 0 Å². The molecule has 26 heavy (non-hydrogen) atoms. The van der Waals surface area contributed by atoms with Gasteiger partial charge >= 0.3 is 6.09 Å². The maximum atomic E-state index is 12.2. The van der Waals surface area contributed by atoms with Crippen molar-refractivity contribution in [3.8, 4) is 5.75 Å². The SMILES string of the molecule is CC(C)(C)OC(=O)NC(C)(C)c1cc(N)ccc1OCc1ccccc1. The van der Waals surface area contributed by atoms with Crippen LogP contribution in [0.5, 0.6) is 5.75 Å². The van der Waals surface area contributed by atoms with Gasteiger partial charge in [0.1, 0.15) is 18.0 Å². The van der Waals surface area contributed by atoms with Gasteiger partial charge in [0.25, 0.3) is 0 Å². The minimum Gasteiger partial charge on any atom is -0.489 e. The van der Waals surface area contributed by atoms with E-state index in [9.17, 15) is 4.79 Å². The molecule has 0 bridgehead atoms. The number of nitrogen functional groups attached to an aromatic ring is 1. The van der Waals surface area contributed by atoms with E-state index in [0.29, 0.717) is 18.0 Å². The molecule has 0 saturated carbocycles. The Kier molecular flexibility index (Phi) is 5.80. The first-order valence-electron chi connectivity index (χ1n) is 8.65. The molecule has 0 spiro atoms. The summed E-state index contributed by atoms with van der Waals surface area (Å²) >= 11 is 0. The maximum absolute atomic E-state index is 12.2. The molecule has 0 aliphatic heterocycles. The molecule has 0 atom stereocenters. The minimum atomic E-state index is -0.719. The second-order valence-corrected chi connectivity index (χ2v) is 7.78.